The van der Waals surface area contributed by atoms with Gasteiger partial charge in [-0.05, 0) is 43.5 Å². The average Bonchev–Trinajstić information content (AvgIpc) is 2.61. The lowest BCUT2D eigenvalue weighted by molar-refractivity contribution is -0.164. The molecule has 2 rings (SSSR count). The van der Waals surface area contributed by atoms with Crippen molar-refractivity contribution in [3.05, 3.63) is 23.3 Å². The number of hydrogen-bond acceptors (Lipinski definition) is 7. The van der Waals surface area contributed by atoms with Crippen LogP contribution in [0, 0.1) is 0 Å². The number of esters is 2. The van der Waals surface area contributed by atoms with Crippen molar-refractivity contribution in [1.29, 1.82) is 0 Å². The van der Waals surface area contributed by atoms with Crippen molar-refractivity contribution >= 4 is 11.9 Å². The zero-order valence-electron chi connectivity index (χ0n) is 15.2. The smallest absolute Gasteiger partial charge is 0.335 e. The first-order valence-electron chi connectivity index (χ1n) is 8.36. The van der Waals surface area contributed by atoms with Gasteiger partial charge in [0.25, 0.3) is 0 Å². The highest BCUT2D eigenvalue weighted by atomic mass is 16.6. The van der Waals surface area contributed by atoms with Gasteiger partial charge in [0.2, 0.25) is 6.04 Å². The number of methoxy groups -OCH3 is 2. The van der Waals surface area contributed by atoms with E-state index in [4.69, 9.17) is 18.9 Å². The molecule has 0 fully saturated rings. The second kappa shape index (κ2) is 8.71. The molecule has 1 heterocycles. The molecule has 0 spiro atoms. The van der Waals surface area contributed by atoms with E-state index in [1.165, 1.54) is 0 Å². The van der Waals surface area contributed by atoms with Crippen LogP contribution in [0.3, 0.4) is 0 Å². The van der Waals surface area contributed by atoms with E-state index in [2.05, 4.69) is 0 Å². The lowest BCUT2D eigenvalue weighted by atomic mass is 9.97. The van der Waals surface area contributed by atoms with Gasteiger partial charge in [0.05, 0.1) is 27.4 Å². The maximum atomic E-state index is 12.3. The molecular formula is C18H25NO6. The number of carbonyl (C=O) groups is 2. The third kappa shape index (κ3) is 4.22. The first-order chi connectivity index (χ1) is 12.0. The standard InChI is InChI=1S/C18H25NO6/c1-5-24-17(20)16(18(21)25-6-2)19-8-7-12-9-14(22-3)15(23-4)10-13(12)11-19/h9-10,16H,5-8,11H2,1-4H3. The van der Waals surface area contributed by atoms with E-state index in [0.29, 0.717) is 31.0 Å². The Labute approximate surface area is 147 Å². The minimum atomic E-state index is -1.05. The van der Waals surface area contributed by atoms with E-state index in [-0.39, 0.29) is 13.2 Å². The topological polar surface area (TPSA) is 74.3 Å². The summed E-state index contributed by atoms with van der Waals surface area (Å²) in [7, 11) is 3.17. The van der Waals surface area contributed by atoms with Crippen molar-refractivity contribution < 1.29 is 28.5 Å². The molecule has 1 aliphatic heterocycles. The quantitative estimate of drug-likeness (QED) is 0.545. The minimum Gasteiger partial charge on any atom is -0.493 e. The van der Waals surface area contributed by atoms with Crippen LogP contribution >= 0.6 is 0 Å². The van der Waals surface area contributed by atoms with Gasteiger partial charge in [-0.1, -0.05) is 0 Å². The predicted molar refractivity (Wildman–Crippen MR) is 90.7 cm³/mol. The number of nitrogens with zero attached hydrogens (tertiary/aromatic N) is 1. The molecule has 0 radical (unpaired) electrons. The molecule has 1 aliphatic rings. The lowest BCUT2D eigenvalue weighted by Gasteiger charge is -2.33. The van der Waals surface area contributed by atoms with Gasteiger partial charge in [0.15, 0.2) is 11.5 Å². The van der Waals surface area contributed by atoms with Crippen LogP contribution in [0.25, 0.3) is 0 Å². The summed E-state index contributed by atoms with van der Waals surface area (Å²) < 4.78 is 20.8. The Bertz CT molecular complexity index is 612. The third-order valence-corrected chi connectivity index (χ3v) is 4.13. The van der Waals surface area contributed by atoms with Gasteiger partial charge < -0.3 is 18.9 Å². The molecular weight excluding hydrogens is 326 g/mol. The Morgan fingerprint density at radius 1 is 1.00 bits per heavy atom. The summed E-state index contributed by atoms with van der Waals surface area (Å²) in [6, 6.07) is 2.77. The van der Waals surface area contributed by atoms with Crippen LogP contribution in [0.5, 0.6) is 11.5 Å². The number of benzene rings is 1. The Morgan fingerprint density at radius 2 is 1.52 bits per heavy atom. The number of ether oxygens (including phenoxy) is 4. The highest BCUT2D eigenvalue weighted by Gasteiger charge is 2.37. The summed E-state index contributed by atoms with van der Waals surface area (Å²) in [5.41, 5.74) is 2.10. The summed E-state index contributed by atoms with van der Waals surface area (Å²) in [5, 5.41) is 0. The van der Waals surface area contributed by atoms with Gasteiger partial charge in [-0.2, -0.15) is 0 Å². The van der Waals surface area contributed by atoms with Crippen LogP contribution in [0.15, 0.2) is 12.1 Å². The SMILES string of the molecule is CCOC(=O)C(C(=O)OCC)N1CCc2cc(OC)c(OC)cc2C1. The molecule has 0 bridgehead atoms. The highest BCUT2D eigenvalue weighted by molar-refractivity contribution is 5.99. The lowest BCUT2D eigenvalue weighted by Crippen LogP contribution is -2.50. The normalized spacial score (nSPS) is 14.0. The fourth-order valence-corrected chi connectivity index (χ4v) is 2.96. The van der Waals surface area contributed by atoms with E-state index in [1.807, 2.05) is 12.1 Å². The molecule has 1 aromatic rings. The monoisotopic (exact) mass is 351 g/mol. The van der Waals surface area contributed by atoms with Crippen molar-refractivity contribution in [2.24, 2.45) is 0 Å². The van der Waals surface area contributed by atoms with Crippen molar-refractivity contribution in [2.75, 3.05) is 34.0 Å². The summed E-state index contributed by atoms with van der Waals surface area (Å²) in [4.78, 5) is 26.4. The fraction of sp³-hybridized carbons (Fsp3) is 0.556. The van der Waals surface area contributed by atoms with Gasteiger partial charge in [0, 0.05) is 13.1 Å². The van der Waals surface area contributed by atoms with Gasteiger partial charge in [-0.3, -0.25) is 4.90 Å². The first-order valence-corrected chi connectivity index (χ1v) is 8.36. The summed E-state index contributed by atoms with van der Waals surface area (Å²) in [5.74, 6) is 0.128. The molecule has 0 aliphatic carbocycles. The maximum Gasteiger partial charge on any atom is 0.335 e. The van der Waals surface area contributed by atoms with E-state index < -0.39 is 18.0 Å². The molecule has 25 heavy (non-hydrogen) atoms. The second-order valence-corrected chi connectivity index (χ2v) is 5.60. The van der Waals surface area contributed by atoms with Crippen LogP contribution in [0.2, 0.25) is 0 Å². The number of rotatable bonds is 7. The number of carbonyl (C=O) groups excluding carboxylic acids is 2. The number of fused-ring (bicyclic) bond motifs is 1. The molecule has 0 atom stereocenters. The Balaban J connectivity index is 2.28. The van der Waals surface area contributed by atoms with Crippen molar-refractivity contribution in [1.82, 2.24) is 4.90 Å². The van der Waals surface area contributed by atoms with Gasteiger partial charge in [-0.15, -0.1) is 0 Å². The van der Waals surface area contributed by atoms with E-state index in [0.717, 1.165) is 11.1 Å². The largest absolute Gasteiger partial charge is 0.493 e. The molecule has 0 N–H and O–H groups in total. The summed E-state index contributed by atoms with van der Waals surface area (Å²) in [6.07, 6.45) is 0.686. The van der Waals surface area contributed by atoms with Crippen LogP contribution in [-0.2, 0) is 32.0 Å². The van der Waals surface area contributed by atoms with Crippen LogP contribution in [0.4, 0.5) is 0 Å². The molecule has 0 saturated carbocycles. The van der Waals surface area contributed by atoms with Crippen LogP contribution < -0.4 is 9.47 Å². The van der Waals surface area contributed by atoms with Gasteiger partial charge in [0.1, 0.15) is 0 Å². The van der Waals surface area contributed by atoms with E-state index in [1.54, 1.807) is 33.0 Å². The second-order valence-electron chi connectivity index (χ2n) is 5.60. The molecule has 7 heteroatoms. The molecule has 138 valence electrons. The Hall–Kier alpha value is -2.28. The van der Waals surface area contributed by atoms with E-state index in [9.17, 15) is 9.59 Å². The number of hydrogen-bond donors (Lipinski definition) is 0. The summed E-state index contributed by atoms with van der Waals surface area (Å²) >= 11 is 0. The Kier molecular flexibility index (Phi) is 6.64. The van der Waals surface area contributed by atoms with Gasteiger partial charge in [-0.25, -0.2) is 9.59 Å². The third-order valence-electron chi connectivity index (χ3n) is 4.13. The predicted octanol–water partition coefficient (Wildman–Crippen LogP) is 1.56. The van der Waals surface area contributed by atoms with E-state index >= 15 is 0 Å². The van der Waals surface area contributed by atoms with Crippen LogP contribution in [-0.4, -0.2) is 56.9 Å². The molecule has 0 unspecified atom stereocenters. The average molecular weight is 351 g/mol. The zero-order valence-corrected chi connectivity index (χ0v) is 15.2. The zero-order chi connectivity index (χ0) is 18.4. The highest BCUT2D eigenvalue weighted by Crippen LogP contribution is 2.33. The van der Waals surface area contributed by atoms with Crippen molar-refractivity contribution in [3.63, 3.8) is 0 Å². The fourth-order valence-electron chi connectivity index (χ4n) is 2.96. The maximum absolute atomic E-state index is 12.3. The summed E-state index contributed by atoms with van der Waals surface area (Å²) in [6.45, 7) is 4.82. The molecule has 0 saturated heterocycles. The Morgan fingerprint density at radius 3 is 2.00 bits per heavy atom. The first kappa shape index (κ1) is 19.1. The van der Waals surface area contributed by atoms with Crippen LogP contribution in [0.1, 0.15) is 25.0 Å². The molecule has 7 nitrogen and oxygen atoms in total. The van der Waals surface area contributed by atoms with Crippen molar-refractivity contribution in [3.8, 4) is 11.5 Å². The molecule has 0 amide bonds. The molecule has 0 aromatic heterocycles. The molecule has 1 aromatic carbocycles. The van der Waals surface area contributed by atoms with Gasteiger partial charge >= 0.3 is 11.9 Å². The van der Waals surface area contributed by atoms with Crippen molar-refractivity contribution in [2.45, 2.75) is 32.9 Å². The minimum absolute atomic E-state index is 0.212.